The van der Waals surface area contributed by atoms with Gasteiger partial charge in [-0.2, -0.15) is 4.98 Å². The smallest absolute Gasteiger partial charge is 0.300 e. The van der Waals surface area contributed by atoms with E-state index in [2.05, 4.69) is 15.3 Å². The topological polar surface area (TPSA) is 130 Å². The summed E-state index contributed by atoms with van der Waals surface area (Å²) in [4.78, 5) is 30.6. The molecule has 2 aliphatic heterocycles. The molecule has 0 radical (unpaired) electrons. The number of anilines is 3. The molecule has 0 aromatic carbocycles. The van der Waals surface area contributed by atoms with E-state index in [9.17, 15) is 9.90 Å². The van der Waals surface area contributed by atoms with Crippen LogP contribution in [0.4, 0.5) is 17.5 Å². The number of morpholine rings is 1. The number of nitrogens with zero attached hydrogens (tertiary/aromatic N) is 5. The minimum absolute atomic E-state index is 0.165. The van der Waals surface area contributed by atoms with Gasteiger partial charge in [0.05, 0.1) is 25.0 Å². The van der Waals surface area contributed by atoms with E-state index in [0.29, 0.717) is 80.3 Å². The third-order valence-corrected chi connectivity index (χ3v) is 6.35. The zero-order valence-electron chi connectivity index (χ0n) is 19.8. The second-order valence-electron chi connectivity index (χ2n) is 8.97. The highest BCUT2D eigenvalue weighted by molar-refractivity contribution is 6.05. The molecule has 0 saturated carbocycles. The highest BCUT2D eigenvalue weighted by atomic mass is 16.5. The number of aryl methyl sites for hydroxylation is 1. The molecule has 2 saturated heterocycles. The van der Waals surface area contributed by atoms with Gasteiger partial charge >= 0.3 is 0 Å². The number of rotatable bonds is 5. The minimum Gasteiger partial charge on any atom is -0.451 e. The molecule has 36 heavy (non-hydrogen) atoms. The number of aromatic nitrogens is 3. The van der Waals surface area contributed by atoms with Crippen LogP contribution >= 0.6 is 0 Å². The molecule has 0 spiro atoms. The quantitative estimate of drug-likeness (QED) is 0.431. The van der Waals surface area contributed by atoms with E-state index in [1.54, 1.807) is 24.4 Å². The molecular formula is C25H26N6O5. The van der Waals surface area contributed by atoms with E-state index in [1.807, 2.05) is 28.9 Å². The number of hydrogen-bond donors (Lipinski definition) is 2. The van der Waals surface area contributed by atoms with Crippen LogP contribution in [0.25, 0.3) is 22.6 Å². The SMILES string of the molecule is Cc1cc(-c2ccc(C(=O)Nc3cc4oc(N5CCOCC5)nc4nc3N3CC[C@@H](O)C3)o2)ccn1. The summed E-state index contributed by atoms with van der Waals surface area (Å²) < 4.78 is 17.3. The summed E-state index contributed by atoms with van der Waals surface area (Å²) in [5.74, 6) is 0.860. The van der Waals surface area contributed by atoms with Crippen molar-refractivity contribution in [1.29, 1.82) is 0 Å². The fourth-order valence-corrected chi connectivity index (χ4v) is 4.50. The molecule has 0 unspecified atom stereocenters. The average Bonchev–Trinajstić information content (AvgIpc) is 3.63. The maximum Gasteiger partial charge on any atom is 0.300 e. The second kappa shape index (κ2) is 9.25. The number of furan rings is 1. The molecule has 0 bridgehead atoms. The summed E-state index contributed by atoms with van der Waals surface area (Å²) in [6, 6.07) is 9.32. The number of hydrogen-bond acceptors (Lipinski definition) is 10. The lowest BCUT2D eigenvalue weighted by molar-refractivity contribution is 0.0997. The van der Waals surface area contributed by atoms with Crippen LogP contribution in [0.5, 0.6) is 0 Å². The van der Waals surface area contributed by atoms with Crippen molar-refractivity contribution in [1.82, 2.24) is 15.0 Å². The van der Waals surface area contributed by atoms with E-state index in [-0.39, 0.29) is 5.76 Å². The lowest BCUT2D eigenvalue weighted by Gasteiger charge is -2.24. The first kappa shape index (κ1) is 22.5. The van der Waals surface area contributed by atoms with Crippen LogP contribution < -0.4 is 15.1 Å². The van der Waals surface area contributed by atoms with Gasteiger partial charge in [-0.1, -0.05) is 0 Å². The molecular weight excluding hydrogens is 464 g/mol. The lowest BCUT2D eigenvalue weighted by Crippen LogP contribution is -2.36. The fourth-order valence-electron chi connectivity index (χ4n) is 4.50. The van der Waals surface area contributed by atoms with Gasteiger partial charge in [0.15, 0.2) is 17.2 Å². The molecule has 1 amide bonds. The molecule has 6 rings (SSSR count). The molecule has 6 heterocycles. The van der Waals surface area contributed by atoms with Gasteiger partial charge in [-0.25, -0.2) is 4.98 Å². The largest absolute Gasteiger partial charge is 0.451 e. The predicted molar refractivity (Wildman–Crippen MR) is 132 cm³/mol. The fraction of sp³-hybridized carbons (Fsp3) is 0.360. The number of amides is 1. The lowest BCUT2D eigenvalue weighted by atomic mass is 10.2. The van der Waals surface area contributed by atoms with E-state index < -0.39 is 12.0 Å². The number of nitrogens with one attached hydrogen (secondary N) is 1. The van der Waals surface area contributed by atoms with Gasteiger partial charge in [0.1, 0.15) is 5.76 Å². The first-order valence-corrected chi connectivity index (χ1v) is 11.9. The summed E-state index contributed by atoms with van der Waals surface area (Å²) in [5.41, 5.74) is 3.06. The average molecular weight is 491 g/mol. The maximum absolute atomic E-state index is 13.2. The van der Waals surface area contributed by atoms with Crippen molar-refractivity contribution in [3.8, 4) is 11.3 Å². The highest BCUT2D eigenvalue weighted by Gasteiger charge is 2.27. The number of fused-ring (bicyclic) bond motifs is 1. The number of aliphatic hydroxyl groups is 1. The van der Waals surface area contributed by atoms with Crippen LogP contribution in [0.15, 0.2) is 45.4 Å². The zero-order valence-corrected chi connectivity index (χ0v) is 19.8. The molecule has 2 aliphatic rings. The normalized spacial score (nSPS) is 18.2. The number of carbonyl (C=O) groups is 1. The molecule has 0 aliphatic carbocycles. The van der Waals surface area contributed by atoms with Gasteiger partial charge in [-0.3, -0.25) is 9.78 Å². The first-order valence-electron chi connectivity index (χ1n) is 11.9. The van der Waals surface area contributed by atoms with Crippen LogP contribution in [-0.4, -0.2) is 71.5 Å². The van der Waals surface area contributed by atoms with Crippen molar-refractivity contribution in [3.05, 3.63) is 48.0 Å². The zero-order chi connectivity index (χ0) is 24.6. The Morgan fingerprint density at radius 1 is 1.08 bits per heavy atom. The van der Waals surface area contributed by atoms with Gasteiger partial charge < -0.3 is 33.8 Å². The predicted octanol–water partition coefficient (Wildman–Crippen LogP) is 2.85. The Morgan fingerprint density at radius 2 is 1.94 bits per heavy atom. The van der Waals surface area contributed by atoms with Gasteiger partial charge in [-0.15, -0.1) is 0 Å². The summed E-state index contributed by atoms with van der Waals surface area (Å²) in [6.07, 6.45) is 1.87. The van der Waals surface area contributed by atoms with Gasteiger partial charge in [0.25, 0.3) is 11.9 Å². The number of pyridine rings is 2. The van der Waals surface area contributed by atoms with Crippen molar-refractivity contribution in [2.24, 2.45) is 0 Å². The summed E-state index contributed by atoms with van der Waals surface area (Å²) in [5, 5.41) is 13.0. The molecule has 1 atom stereocenters. The number of aliphatic hydroxyl groups excluding tert-OH is 1. The molecule has 4 aromatic heterocycles. The van der Waals surface area contributed by atoms with Crippen LogP contribution in [0.2, 0.25) is 0 Å². The highest BCUT2D eigenvalue weighted by Crippen LogP contribution is 2.33. The number of carbonyl (C=O) groups excluding carboxylic acids is 1. The summed E-state index contributed by atoms with van der Waals surface area (Å²) in [6.45, 7) is 5.50. The summed E-state index contributed by atoms with van der Waals surface area (Å²) >= 11 is 0. The van der Waals surface area contributed by atoms with E-state index >= 15 is 0 Å². The Labute approximate surface area is 206 Å². The Balaban J connectivity index is 1.31. The maximum atomic E-state index is 13.2. The van der Waals surface area contributed by atoms with Crippen molar-refractivity contribution < 1.29 is 23.5 Å². The van der Waals surface area contributed by atoms with Crippen molar-refractivity contribution >= 4 is 34.7 Å². The van der Waals surface area contributed by atoms with Crippen LogP contribution in [0.1, 0.15) is 22.7 Å². The molecule has 11 heteroatoms. The third kappa shape index (κ3) is 4.38. The second-order valence-corrected chi connectivity index (χ2v) is 8.97. The van der Waals surface area contributed by atoms with Crippen LogP contribution in [0, 0.1) is 6.92 Å². The Kier molecular flexibility index (Phi) is 5.78. The molecule has 2 fully saturated rings. The Morgan fingerprint density at radius 3 is 2.72 bits per heavy atom. The van der Waals surface area contributed by atoms with E-state index in [1.165, 1.54) is 0 Å². The monoisotopic (exact) mass is 490 g/mol. The van der Waals surface area contributed by atoms with Gasteiger partial charge in [0, 0.05) is 49.7 Å². The van der Waals surface area contributed by atoms with E-state index in [0.717, 1.165) is 11.3 Å². The van der Waals surface area contributed by atoms with Crippen molar-refractivity contribution in [2.75, 3.05) is 54.5 Å². The standard InChI is InChI=1S/C25H26N6O5/c1-15-12-16(4-6-26-15)19-2-3-20(35-19)24(33)27-18-13-21-22(28-23(18)31-7-5-17(32)14-31)29-25(36-21)30-8-10-34-11-9-30/h2-4,6,12-13,17,32H,5,7-11,14H2,1H3,(H,27,33)/t17-/m1/s1. The minimum atomic E-state index is -0.455. The third-order valence-electron chi connectivity index (χ3n) is 6.35. The van der Waals surface area contributed by atoms with E-state index in [4.69, 9.17) is 18.6 Å². The van der Waals surface area contributed by atoms with Crippen molar-refractivity contribution in [3.63, 3.8) is 0 Å². The molecule has 186 valence electrons. The molecule has 4 aromatic rings. The van der Waals surface area contributed by atoms with Crippen molar-refractivity contribution in [2.45, 2.75) is 19.4 Å². The molecule has 2 N–H and O–H groups in total. The number of oxazole rings is 1. The van der Waals surface area contributed by atoms with Gasteiger partial charge in [0.2, 0.25) is 5.65 Å². The number of β-amino-alcohol motifs (C(OH)–C–C–N with tert-alkyl or cyclic N) is 1. The first-order chi connectivity index (χ1) is 17.5. The van der Waals surface area contributed by atoms with Crippen LogP contribution in [0.3, 0.4) is 0 Å². The number of ether oxygens (including phenoxy) is 1. The van der Waals surface area contributed by atoms with Gasteiger partial charge in [-0.05, 0) is 37.6 Å². The Bertz CT molecular complexity index is 1410. The summed E-state index contributed by atoms with van der Waals surface area (Å²) in [7, 11) is 0. The molecule has 11 nitrogen and oxygen atoms in total. The Hall–Kier alpha value is -3.96. The van der Waals surface area contributed by atoms with Crippen LogP contribution in [-0.2, 0) is 4.74 Å².